The lowest BCUT2D eigenvalue weighted by atomic mass is 9.99. The fourth-order valence-corrected chi connectivity index (χ4v) is 2.89. The first-order valence-electron chi connectivity index (χ1n) is 7.06. The highest BCUT2D eigenvalue weighted by molar-refractivity contribution is 5.64. The molecule has 6 heteroatoms. The van der Waals surface area contributed by atoms with Gasteiger partial charge in [-0.25, -0.2) is 0 Å². The number of hydrogen-bond acceptors (Lipinski definition) is 2. The molecule has 1 N–H and O–H groups in total. The average molecular weight is 307 g/mol. The van der Waals surface area contributed by atoms with Crippen LogP contribution in [0.2, 0.25) is 0 Å². The van der Waals surface area contributed by atoms with Crippen molar-refractivity contribution in [2.24, 2.45) is 0 Å². The van der Waals surface area contributed by atoms with E-state index < -0.39 is 11.9 Å². The summed E-state index contributed by atoms with van der Waals surface area (Å²) in [6.45, 7) is 5.21. The molecule has 0 spiro atoms. The van der Waals surface area contributed by atoms with Gasteiger partial charge in [-0.3, -0.25) is 5.10 Å². The number of rotatable bonds is 3. The molecule has 116 valence electrons. The summed E-state index contributed by atoms with van der Waals surface area (Å²) in [7, 11) is 0. The standard InChI is InChI=1S/C16H16F3N3/c1-11(14-9-20-21-15(14)16(17,18)19)22-8-7-13(10-22)12-5-3-2-4-6-12/h2-6,9,13H,1,7-8,10H2,(H,20,21). The summed E-state index contributed by atoms with van der Waals surface area (Å²) in [5.41, 5.74) is 0.780. The lowest BCUT2D eigenvalue weighted by molar-refractivity contribution is -0.141. The van der Waals surface area contributed by atoms with Crippen LogP contribution in [-0.4, -0.2) is 28.2 Å². The van der Waals surface area contributed by atoms with Crippen molar-refractivity contribution < 1.29 is 13.2 Å². The van der Waals surface area contributed by atoms with E-state index in [0.29, 0.717) is 24.7 Å². The summed E-state index contributed by atoms with van der Waals surface area (Å²) in [6.07, 6.45) is -2.35. The maximum atomic E-state index is 12.9. The largest absolute Gasteiger partial charge is 0.433 e. The van der Waals surface area contributed by atoms with Crippen molar-refractivity contribution in [1.29, 1.82) is 0 Å². The van der Waals surface area contributed by atoms with Gasteiger partial charge in [0.1, 0.15) is 5.69 Å². The summed E-state index contributed by atoms with van der Waals surface area (Å²) in [6, 6.07) is 10.0. The van der Waals surface area contributed by atoms with E-state index >= 15 is 0 Å². The smallest absolute Gasteiger partial charge is 0.371 e. The van der Waals surface area contributed by atoms with Crippen molar-refractivity contribution in [2.75, 3.05) is 13.1 Å². The fourth-order valence-electron chi connectivity index (χ4n) is 2.89. The van der Waals surface area contributed by atoms with Crippen molar-refractivity contribution in [2.45, 2.75) is 18.5 Å². The maximum absolute atomic E-state index is 12.9. The molecule has 0 radical (unpaired) electrons. The summed E-state index contributed by atoms with van der Waals surface area (Å²) in [5.74, 6) is 0.319. The van der Waals surface area contributed by atoms with E-state index in [-0.39, 0.29) is 5.56 Å². The van der Waals surface area contributed by atoms with Gasteiger partial charge in [0, 0.05) is 30.3 Å². The van der Waals surface area contributed by atoms with E-state index in [1.807, 2.05) is 28.2 Å². The second kappa shape index (κ2) is 5.51. The van der Waals surface area contributed by atoms with Crippen LogP contribution in [0.3, 0.4) is 0 Å². The molecule has 0 amide bonds. The number of halogens is 3. The van der Waals surface area contributed by atoms with Crippen LogP contribution in [0, 0.1) is 0 Å². The van der Waals surface area contributed by atoms with Gasteiger partial charge in [0.05, 0.1) is 6.20 Å². The van der Waals surface area contributed by atoms with E-state index in [2.05, 4.69) is 23.8 Å². The van der Waals surface area contributed by atoms with Crippen LogP contribution >= 0.6 is 0 Å². The van der Waals surface area contributed by atoms with Gasteiger partial charge in [-0.15, -0.1) is 0 Å². The molecule has 1 aliphatic heterocycles. The summed E-state index contributed by atoms with van der Waals surface area (Å²) < 4.78 is 38.8. The first kappa shape index (κ1) is 14.7. The van der Waals surface area contributed by atoms with Gasteiger partial charge >= 0.3 is 6.18 Å². The zero-order valence-electron chi connectivity index (χ0n) is 11.9. The van der Waals surface area contributed by atoms with Crippen molar-refractivity contribution in [3.63, 3.8) is 0 Å². The second-order valence-electron chi connectivity index (χ2n) is 5.45. The van der Waals surface area contributed by atoms with E-state index in [1.165, 1.54) is 11.8 Å². The number of nitrogens with one attached hydrogen (secondary N) is 1. The Morgan fingerprint density at radius 1 is 1.27 bits per heavy atom. The Hall–Kier alpha value is -2.24. The molecule has 1 saturated heterocycles. The van der Waals surface area contributed by atoms with Crippen molar-refractivity contribution in [1.82, 2.24) is 15.1 Å². The Kier molecular flexibility index (Phi) is 3.68. The number of nitrogens with zero attached hydrogens (tertiary/aromatic N) is 2. The number of benzene rings is 1. The number of hydrogen-bond donors (Lipinski definition) is 1. The Labute approximate surface area is 126 Å². The molecular weight excluding hydrogens is 291 g/mol. The normalized spacial score (nSPS) is 18.7. The second-order valence-corrected chi connectivity index (χ2v) is 5.45. The van der Waals surface area contributed by atoms with Gasteiger partial charge in [0.25, 0.3) is 0 Å². The van der Waals surface area contributed by atoms with Gasteiger partial charge in [-0.05, 0) is 12.0 Å². The lowest BCUT2D eigenvalue weighted by Gasteiger charge is -2.22. The SMILES string of the molecule is C=C(c1cn[nH]c1C(F)(F)F)N1CCC(c2ccccc2)C1. The van der Waals surface area contributed by atoms with Crippen LogP contribution in [-0.2, 0) is 6.18 Å². The van der Waals surface area contributed by atoms with Crippen molar-refractivity contribution in [3.05, 3.63) is 59.9 Å². The molecule has 0 saturated carbocycles. The molecule has 0 bridgehead atoms. The monoisotopic (exact) mass is 307 g/mol. The quantitative estimate of drug-likeness (QED) is 0.933. The van der Waals surface area contributed by atoms with Gasteiger partial charge < -0.3 is 4.90 Å². The zero-order chi connectivity index (χ0) is 15.7. The number of likely N-dealkylation sites (tertiary alicyclic amines) is 1. The molecule has 2 aromatic rings. The van der Waals surface area contributed by atoms with Crippen molar-refractivity contribution in [3.8, 4) is 0 Å². The van der Waals surface area contributed by atoms with Crippen LogP contribution in [0.15, 0.2) is 43.1 Å². The van der Waals surface area contributed by atoms with Crippen molar-refractivity contribution >= 4 is 5.70 Å². The highest BCUT2D eigenvalue weighted by Gasteiger charge is 2.37. The first-order valence-corrected chi connectivity index (χ1v) is 7.06. The van der Waals surface area contributed by atoms with Crippen LogP contribution in [0.5, 0.6) is 0 Å². The maximum Gasteiger partial charge on any atom is 0.433 e. The van der Waals surface area contributed by atoms with Crippen LogP contribution < -0.4 is 0 Å². The van der Waals surface area contributed by atoms with Gasteiger partial charge in [-0.2, -0.15) is 18.3 Å². The molecule has 3 rings (SSSR count). The number of H-pyrrole nitrogens is 1. The van der Waals surface area contributed by atoms with E-state index in [4.69, 9.17) is 0 Å². The molecule has 3 nitrogen and oxygen atoms in total. The Morgan fingerprint density at radius 2 is 2.00 bits per heavy atom. The van der Waals surface area contributed by atoms with E-state index in [1.54, 1.807) is 0 Å². The fraction of sp³-hybridized carbons (Fsp3) is 0.312. The first-order chi connectivity index (χ1) is 10.5. The number of alkyl halides is 3. The average Bonchev–Trinajstić information content (AvgIpc) is 3.16. The third-order valence-electron chi connectivity index (χ3n) is 4.07. The highest BCUT2D eigenvalue weighted by atomic mass is 19.4. The van der Waals surface area contributed by atoms with Gasteiger partial charge in [-0.1, -0.05) is 36.9 Å². The molecule has 2 heterocycles. The minimum atomic E-state index is -4.45. The van der Waals surface area contributed by atoms with E-state index in [9.17, 15) is 13.2 Å². The summed E-state index contributed by atoms with van der Waals surface area (Å²) in [5, 5.41) is 5.56. The lowest BCUT2D eigenvalue weighted by Crippen LogP contribution is -2.20. The Bertz CT molecular complexity index is 661. The Balaban J connectivity index is 1.77. The van der Waals surface area contributed by atoms with Crippen LogP contribution in [0.4, 0.5) is 13.2 Å². The van der Waals surface area contributed by atoms with Crippen LogP contribution in [0.1, 0.15) is 29.2 Å². The molecule has 1 fully saturated rings. The third kappa shape index (κ3) is 2.73. The predicted molar refractivity (Wildman–Crippen MR) is 78.0 cm³/mol. The predicted octanol–water partition coefficient (Wildman–Crippen LogP) is 3.89. The molecule has 1 aromatic carbocycles. The molecule has 22 heavy (non-hydrogen) atoms. The Morgan fingerprint density at radius 3 is 2.68 bits per heavy atom. The molecule has 1 atom stereocenters. The van der Waals surface area contributed by atoms with Gasteiger partial charge in [0.15, 0.2) is 0 Å². The minimum Gasteiger partial charge on any atom is -0.371 e. The molecule has 1 aliphatic rings. The molecular formula is C16H16F3N3. The number of aromatic nitrogens is 2. The van der Waals surface area contributed by atoms with Crippen LogP contribution in [0.25, 0.3) is 5.70 Å². The minimum absolute atomic E-state index is 0.0289. The summed E-state index contributed by atoms with van der Waals surface area (Å²) in [4.78, 5) is 1.90. The zero-order valence-corrected chi connectivity index (χ0v) is 11.9. The van der Waals surface area contributed by atoms with E-state index in [0.717, 1.165) is 6.42 Å². The number of aromatic amines is 1. The third-order valence-corrected chi connectivity index (χ3v) is 4.07. The summed E-state index contributed by atoms with van der Waals surface area (Å²) >= 11 is 0. The highest BCUT2D eigenvalue weighted by Crippen LogP contribution is 2.36. The molecule has 1 aromatic heterocycles. The molecule has 1 unspecified atom stereocenters. The topological polar surface area (TPSA) is 31.9 Å². The molecule has 0 aliphatic carbocycles. The van der Waals surface area contributed by atoms with Gasteiger partial charge in [0.2, 0.25) is 0 Å².